The molecule has 1 N–H and O–H groups in total. The van der Waals surface area contributed by atoms with Crippen molar-refractivity contribution in [2.45, 2.75) is 13.0 Å². The molecule has 132 valence electrons. The zero-order valence-electron chi connectivity index (χ0n) is 14.5. The number of carbonyl (C=O) groups is 1. The Bertz CT molecular complexity index is 1180. The number of thiazole rings is 1. The van der Waals surface area contributed by atoms with Crippen molar-refractivity contribution < 1.29 is 9.53 Å². The van der Waals surface area contributed by atoms with Crippen LogP contribution in [0.5, 0.6) is 5.75 Å². The van der Waals surface area contributed by atoms with Gasteiger partial charge in [-0.3, -0.25) is 10.1 Å². The van der Waals surface area contributed by atoms with Crippen LogP contribution in [0.25, 0.3) is 21.0 Å². The van der Waals surface area contributed by atoms with Gasteiger partial charge in [-0.05, 0) is 42.6 Å². The monoisotopic (exact) mass is 373 g/mol. The van der Waals surface area contributed by atoms with Gasteiger partial charge in [-0.2, -0.15) is 5.26 Å². The Balaban J connectivity index is 1.51. The molecule has 0 aliphatic heterocycles. The van der Waals surface area contributed by atoms with E-state index in [4.69, 9.17) is 10.00 Å². The Labute approximate surface area is 159 Å². The molecule has 0 radical (unpaired) electrons. The van der Waals surface area contributed by atoms with Gasteiger partial charge in [0.25, 0.3) is 5.91 Å². The van der Waals surface area contributed by atoms with Crippen molar-refractivity contribution >= 4 is 43.4 Å². The molecule has 1 aromatic heterocycles. The minimum Gasteiger partial charge on any atom is -0.481 e. The fourth-order valence-electron chi connectivity index (χ4n) is 2.79. The molecule has 4 aromatic rings. The van der Waals surface area contributed by atoms with Crippen LogP contribution in [-0.2, 0) is 4.79 Å². The number of nitriles is 1. The van der Waals surface area contributed by atoms with Crippen LogP contribution in [0, 0.1) is 11.3 Å². The van der Waals surface area contributed by atoms with Gasteiger partial charge >= 0.3 is 0 Å². The Morgan fingerprint density at radius 2 is 1.93 bits per heavy atom. The van der Waals surface area contributed by atoms with Gasteiger partial charge in [0, 0.05) is 5.39 Å². The van der Waals surface area contributed by atoms with Gasteiger partial charge in [0.15, 0.2) is 11.2 Å². The maximum absolute atomic E-state index is 12.5. The molecule has 0 bridgehead atoms. The van der Waals surface area contributed by atoms with Crippen molar-refractivity contribution in [1.29, 1.82) is 5.26 Å². The Morgan fingerprint density at radius 1 is 1.15 bits per heavy atom. The highest BCUT2D eigenvalue weighted by Gasteiger charge is 2.17. The molecule has 1 atom stereocenters. The van der Waals surface area contributed by atoms with Crippen LogP contribution in [0.3, 0.4) is 0 Å². The number of benzene rings is 3. The summed E-state index contributed by atoms with van der Waals surface area (Å²) in [7, 11) is 0. The number of ether oxygens (including phenoxy) is 1. The van der Waals surface area contributed by atoms with Crippen LogP contribution >= 0.6 is 11.3 Å². The highest BCUT2D eigenvalue weighted by Crippen LogP contribution is 2.31. The average molecular weight is 373 g/mol. The molecule has 0 saturated heterocycles. The third kappa shape index (κ3) is 3.46. The first kappa shape index (κ1) is 17.0. The molecule has 27 heavy (non-hydrogen) atoms. The van der Waals surface area contributed by atoms with Crippen molar-refractivity contribution in [2.24, 2.45) is 0 Å². The Hall–Kier alpha value is -3.43. The van der Waals surface area contributed by atoms with E-state index in [0.29, 0.717) is 16.4 Å². The van der Waals surface area contributed by atoms with Crippen LogP contribution in [-0.4, -0.2) is 17.0 Å². The minimum absolute atomic E-state index is 0.275. The zero-order valence-corrected chi connectivity index (χ0v) is 15.3. The number of hydrogen-bond acceptors (Lipinski definition) is 5. The van der Waals surface area contributed by atoms with Crippen molar-refractivity contribution in [1.82, 2.24) is 4.98 Å². The number of anilines is 1. The summed E-state index contributed by atoms with van der Waals surface area (Å²) in [6.07, 6.45) is -0.693. The second-order valence-electron chi connectivity index (χ2n) is 6.04. The third-order valence-corrected chi connectivity index (χ3v) is 5.12. The lowest BCUT2D eigenvalue weighted by molar-refractivity contribution is -0.122. The highest BCUT2D eigenvalue weighted by atomic mass is 32.1. The Kier molecular flexibility index (Phi) is 4.45. The van der Waals surface area contributed by atoms with E-state index in [0.717, 1.165) is 21.0 Å². The van der Waals surface area contributed by atoms with E-state index < -0.39 is 6.10 Å². The number of carbonyl (C=O) groups excluding carboxylic acids is 1. The summed E-state index contributed by atoms with van der Waals surface area (Å²) in [5.41, 5.74) is 1.43. The van der Waals surface area contributed by atoms with E-state index in [9.17, 15) is 4.79 Å². The zero-order chi connectivity index (χ0) is 18.8. The maximum atomic E-state index is 12.5. The van der Waals surface area contributed by atoms with Crippen molar-refractivity contribution in [3.8, 4) is 11.8 Å². The SMILES string of the molecule is CC(Oc1ccc(C#N)cc1)C(=O)Nc1nc2c(ccc3ccccc32)s1. The van der Waals surface area contributed by atoms with Crippen molar-refractivity contribution in [2.75, 3.05) is 5.32 Å². The molecule has 4 rings (SSSR count). The third-order valence-electron chi connectivity index (χ3n) is 4.18. The number of fused-ring (bicyclic) bond motifs is 3. The average Bonchev–Trinajstić information content (AvgIpc) is 3.11. The summed E-state index contributed by atoms with van der Waals surface area (Å²) >= 11 is 1.43. The molecular weight excluding hydrogens is 358 g/mol. The minimum atomic E-state index is -0.693. The first-order valence-electron chi connectivity index (χ1n) is 8.40. The number of nitrogens with one attached hydrogen (secondary N) is 1. The lowest BCUT2D eigenvalue weighted by Gasteiger charge is -2.13. The van der Waals surface area contributed by atoms with Crippen LogP contribution in [0.2, 0.25) is 0 Å². The quantitative estimate of drug-likeness (QED) is 0.561. The number of nitrogens with zero attached hydrogens (tertiary/aromatic N) is 2. The topological polar surface area (TPSA) is 75.0 Å². The van der Waals surface area contributed by atoms with E-state index in [1.165, 1.54) is 11.3 Å². The summed E-state index contributed by atoms with van der Waals surface area (Å²) in [4.78, 5) is 17.0. The smallest absolute Gasteiger partial charge is 0.266 e. The normalized spacial score (nSPS) is 11.9. The van der Waals surface area contributed by atoms with Crippen molar-refractivity contribution in [3.05, 3.63) is 66.2 Å². The summed E-state index contributed by atoms with van der Waals surface area (Å²) in [6, 6.07) is 20.8. The van der Waals surface area contributed by atoms with Crippen LogP contribution in [0.15, 0.2) is 60.7 Å². The van der Waals surface area contributed by atoms with E-state index >= 15 is 0 Å². The predicted molar refractivity (Wildman–Crippen MR) is 107 cm³/mol. The van der Waals surface area contributed by atoms with Gasteiger partial charge in [-0.15, -0.1) is 0 Å². The van der Waals surface area contributed by atoms with E-state index in [2.05, 4.69) is 16.4 Å². The number of rotatable bonds is 4. The van der Waals surface area contributed by atoms with Gasteiger partial charge in [-0.25, -0.2) is 4.98 Å². The molecule has 1 unspecified atom stereocenters. The molecule has 0 aliphatic rings. The molecule has 5 nitrogen and oxygen atoms in total. The van der Waals surface area contributed by atoms with Crippen LogP contribution in [0.1, 0.15) is 12.5 Å². The molecule has 1 heterocycles. The lowest BCUT2D eigenvalue weighted by Crippen LogP contribution is -2.30. The van der Waals surface area contributed by atoms with Crippen molar-refractivity contribution in [3.63, 3.8) is 0 Å². The van der Waals surface area contributed by atoms with Gasteiger partial charge in [0.2, 0.25) is 0 Å². The molecule has 0 fully saturated rings. The first-order chi connectivity index (χ1) is 13.1. The molecule has 6 heteroatoms. The van der Waals surface area contributed by atoms with Gasteiger partial charge in [-0.1, -0.05) is 41.7 Å². The van der Waals surface area contributed by atoms with E-state index in [1.807, 2.05) is 36.4 Å². The number of hydrogen-bond donors (Lipinski definition) is 1. The molecule has 0 aliphatic carbocycles. The lowest BCUT2D eigenvalue weighted by atomic mass is 10.1. The van der Waals surface area contributed by atoms with Crippen LogP contribution in [0.4, 0.5) is 5.13 Å². The second kappa shape index (κ2) is 7.06. The highest BCUT2D eigenvalue weighted by molar-refractivity contribution is 7.22. The summed E-state index contributed by atoms with van der Waals surface area (Å²) in [5.74, 6) is 0.259. The van der Waals surface area contributed by atoms with Gasteiger partial charge in [0.05, 0.1) is 21.8 Å². The molecule has 0 saturated carbocycles. The first-order valence-corrected chi connectivity index (χ1v) is 9.21. The second-order valence-corrected chi connectivity index (χ2v) is 7.07. The molecule has 3 aromatic carbocycles. The number of aromatic nitrogens is 1. The van der Waals surface area contributed by atoms with E-state index in [-0.39, 0.29) is 5.91 Å². The van der Waals surface area contributed by atoms with Crippen LogP contribution < -0.4 is 10.1 Å². The van der Waals surface area contributed by atoms with E-state index in [1.54, 1.807) is 31.2 Å². The Morgan fingerprint density at radius 3 is 2.70 bits per heavy atom. The summed E-state index contributed by atoms with van der Waals surface area (Å²) < 4.78 is 6.67. The van der Waals surface area contributed by atoms with Gasteiger partial charge in [0.1, 0.15) is 5.75 Å². The fraction of sp³-hybridized carbons (Fsp3) is 0.0952. The summed E-state index contributed by atoms with van der Waals surface area (Å²) in [6.45, 7) is 1.68. The predicted octanol–water partition coefficient (Wildman–Crippen LogP) is 4.73. The standard InChI is InChI=1S/C21H15N3O2S/c1-13(26-16-9-6-14(12-22)7-10-16)20(25)24-21-23-19-17-5-3-2-4-15(17)8-11-18(19)27-21/h2-11,13H,1H3,(H,23,24,25). The van der Waals surface area contributed by atoms with Gasteiger partial charge < -0.3 is 4.74 Å². The maximum Gasteiger partial charge on any atom is 0.266 e. The fourth-order valence-corrected chi connectivity index (χ4v) is 3.67. The molecule has 0 spiro atoms. The number of amides is 1. The summed E-state index contributed by atoms with van der Waals surface area (Å²) in [5, 5.41) is 14.4. The molecular formula is C21H15N3O2S. The molecule has 1 amide bonds. The largest absolute Gasteiger partial charge is 0.481 e.